The molecule has 2 aromatic rings. The lowest BCUT2D eigenvalue weighted by atomic mass is 10.0. The fourth-order valence-electron chi connectivity index (χ4n) is 2.31. The minimum Gasteiger partial charge on any atom is -0.329 e. The van der Waals surface area contributed by atoms with Crippen LogP contribution in [0.15, 0.2) is 42.5 Å². The molecule has 20 heavy (non-hydrogen) atoms. The highest BCUT2D eigenvalue weighted by Crippen LogP contribution is 2.19. The molecule has 2 rings (SSSR count). The predicted octanol–water partition coefficient (Wildman–Crippen LogP) is 3.10. The average Bonchev–Trinajstić information content (AvgIpc) is 2.47. The lowest BCUT2D eigenvalue weighted by Crippen LogP contribution is -2.28. The summed E-state index contributed by atoms with van der Waals surface area (Å²) in [6.45, 7) is 5.59. The summed E-state index contributed by atoms with van der Waals surface area (Å²) in [7, 11) is 0. The fraction of sp³-hybridized carbons (Fsp3) is 0.353. The van der Waals surface area contributed by atoms with E-state index in [1.54, 1.807) is 0 Å². The second-order valence-electron chi connectivity index (χ2n) is 5.00. The Hall–Kier alpha value is -1.71. The molecule has 0 amide bonds. The van der Waals surface area contributed by atoms with Crippen molar-refractivity contribution in [2.24, 2.45) is 5.73 Å². The first-order valence-corrected chi connectivity index (χ1v) is 7.16. The number of allylic oxidation sites excluding steroid dienone is 1. The predicted molar refractivity (Wildman–Crippen MR) is 85.7 cm³/mol. The van der Waals surface area contributed by atoms with E-state index in [9.17, 15) is 0 Å². The fourth-order valence-corrected chi connectivity index (χ4v) is 2.31. The third kappa shape index (κ3) is 3.65. The Morgan fingerprint density at radius 1 is 1.30 bits per heavy atom. The topological polar surface area (TPSA) is 50.9 Å². The van der Waals surface area contributed by atoms with Crippen LogP contribution in [0.4, 0.5) is 0 Å². The SMILES string of the molecule is C/C=C/CCNC(CN)c1ccc2nc(C)ccc2c1. The van der Waals surface area contributed by atoms with Gasteiger partial charge in [0, 0.05) is 23.7 Å². The van der Waals surface area contributed by atoms with Crippen LogP contribution >= 0.6 is 0 Å². The van der Waals surface area contributed by atoms with Crippen LogP contribution in [0.1, 0.15) is 30.6 Å². The Morgan fingerprint density at radius 2 is 2.15 bits per heavy atom. The molecule has 1 unspecified atom stereocenters. The van der Waals surface area contributed by atoms with Gasteiger partial charge in [0.25, 0.3) is 0 Å². The highest BCUT2D eigenvalue weighted by atomic mass is 14.9. The van der Waals surface area contributed by atoms with E-state index in [-0.39, 0.29) is 6.04 Å². The van der Waals surface area contributed by atoms with Crippen LogP contribution in [-0.2, 0) is 0 Å². The van der Waals surface area contributed by atoms with Crippen molar-refractivity contribution < 1.29 is 0 Å². The van der Waals surface area contributed by atoms with Gasteiger partial charge in [-0.2, -0.15) is 0 Å². The van der Waals surface area contributed by atoms with Crippen molar-refractivity contribution in [2.45, 2.75) is 26.3 Å². The van der Waals surface area contributed by atoms with Crippen LogP contribution in [0.2, 0.25) is 0 Å². The van der Waals surface area contributed by atoms with Crippen molar-refractivity contribution in [3.05, 3.63) is 53.7 Å². The number of nitrogens with two attached hydrogens (primary N) is 1. The first kappa shape index (κ1) is 14.7. The number of aryl methyl sites for hydroxylation is 1. The molecular formula is C17H23N3. The number of pyridine rings is 1. The minimum atomic E-state index is 0.200. The highest BCUT2D eigenvalue weighted by Gasteiger charge is 2.09. The van der Waals surface area contributed by atoms with E-state index >= 15 is 0 Å². The lowest BCUT2D eigenvalue weighted by molar-refractivity contribution is 0.548. The molecule has 0 bridgehead atoms. The summed E-state index contributed by atoms with van der Waals surface area (Å²) in [5.74, 6) is 0. The standard InChI is InChI=1S/C17H23N3/c1-3-4-5-10-19-17(12-18)15-8-9-16-14(11-15)7-6-13(2)20-16/h3-4,6-9,11,17,19H,5,10,12,18H2,1-2H3/b4-3+. The number of hydrogen-bond acceptors (Lipinski definition) is 3. The molecule has 0 saturated heterocycles. The summed E-state index contributed by atoms with van der Waals surface area (Å²) in [6, 6.07) is 10.7. The minimum absolute atomic E-state index is 0.200. The number of rotatable bonds is 6. The zero-order chi connectivity index (χ0) is 14.4. The average molecular weight is 269 g/mol. The molecule has 3 nitrogen and oxygen atoms in total. The third-order valence-corrected chi connectivity index (χ3v) is 3.43. The number of aromatic nitrogens is 1. The molecule has 0 aliphatic heterocycles. The molecule has 1 atom stereocenters. The van der Waals surface area contributed by atoms with Gasteiger partial charge in [-0.05, 0) is 50.6 Å². The van der Waals surface area contributed by atoms with E-state index in [0.29, 0.717) is 6.54 Å². The molecule has 0 aliphatic carbocycles. The second-order valence-corrected chi connectivity index (χ2v) is 5.00. The van der Waals surface area contributed by atoms with Gasteiger partial charge >= 0.3 is 0 Å². The molecule has 0 radical (unpaired) electrons. The Balaban J connectivity index is 2.15. The van der Waals surface area contributed by atoms with Gasteiger partial charge in [-0.1, -0.05) is 24.3 Å². The largest absolute Gasteiger partial charge is 0.329 e. The van der Waals surface area contributed by atoms with E-state index in [1.165, 1.54) is 10.9 Å². The van der Waals surface area contributed by atoms with Crippen molar-refractivity contribution in [1.29, 1.82) is 0 Å². The lowest BCUT2D eigenvalue weighted by Gasteiger charge is -2.17. The quantitative estimate of drug-likeness (QED) is 0.626. The van der Waals surface area contributed by atoms with Crippen molar-refractivity contribution in [2.75, 3.05) is 13.1 Å². The van der Waals surface area contributed by atoms with Crippen molar-refractivity contribution >= 4 is 10.9 Å². The first-order chi connectivity index (χ1) is 9.74. The van der Waals surface area contributed by atoms with Gasteiger partial charge in [0.1, 0.15) is 0 Å². The molecule has 1 aromatic carbocycles. The molecule has 0 spiro atoms. The smallest absolute Gasteiger partial charge is 0.0705 e. The maximum absolute atomic E-state index is 5.89. The Labute approximate surface area is 120 Å². The zero-order valence-corrected chi connectivity index (χ0v) is 12.3. The van der Waals surface area contributed by atoms with Crippen molar-refractivity contribution in [3.63, 3.8) is 0 Å². The molecule has 1 aromatic heterocycles. The van der Waals surface area contributed by atoms with Crippen LogP contribution in [0.5, 0.6) is 0 Å². The maximum Gasteiger partial charge on any atom is 0.0705 e. The summed E-state index contributed by atoms with van der Waals surface area (Å²) < 4.78 is 0. The van der Waals surface area contributed by atoms with Gasteiger partial charge in [0.2, 0.25) is 0 Å². The van der Waals surface area contributed by atoms with Crippen LogP contribution in [0, 0.1) is 6.92 Å². The molecule has 3 N–H and O–H groups in total. The highest BCUT2D eigenvalue weighted by molar-refractivity contribution is 5.79. The number of nitrogens with one attached hydrogen (secondary N) is 1. The molecule has 1 heterocycles. The van der Waals surface area contributed by atoms with Gasteiger partial charge in [0.05, 0.1) is 5.52 Å². The van der Waals surface area contributed by atoms with Gasteiger partial charge in [-0.25, -0.2) is 0 Å². The van der Waals surface area contributed by atoms with E-state index in [1.807, 2.05) is 19.9 Å². The number of benzene rings is 1. The van der Waals surface area contributed by atoms with E-state index in [2.05, 4.69) is 46.7 Å². The summed E-state index contributed by atoms with van der Waals surface area (Å²) in [5.41, 5.74) is 9.21. The van der Waals surface area contributed by atoms with Gasteiger partial charge < -0.3 is 11.1 Å². The van der Waals surface area contributed by atoms with E-state index in [0.717, 1.165) is 24.2 Å². The maximum atomic E-state index is 5.89. The van der Waals surface area contributed by atoms with E-state index < -0.39 is 0 Å². The van der Waals surface area contributed by atoms with Gasteiger partial charge in [-0.15, -0.1) is 0 Å². The Kier molecular flexibility index (Phi) is 5.27. The van der Waals surface area contributed by atoms with Crippen LogP contribution in [-0.4, -0.2) is 18.1 Å². The molecule has 0 fully saturated rings. The summed E-state index contributed by atoms with van der Waals surface area (Å²) >= 11 is 0. The first-order valence-electron chi connectivity index (χ1n) is 7.16. The monoisotopic (exact) mass is 269 g/mol. The van der Waals surface area contributed by atoms with Gasteiger partial charge in [0.15, 0.2) is 0 Å². The second kappa shape index (κ2) is 7.17. The third-order valence-electron chi connectivity index (χ3n) is 3.43. The molecule has 106 valence electrons. The van der Waals surface area contributed by atoms with Crippen LogP contribution < -0.4 is 11.1 Å². The summed E-state index contributed by atoms with van der Waals surface area (Å²) in [6.07, 6.45) is 5.26. The normalized spacial score (nSPS) is 13.2. The summed E-state index contributed by atoms with van der Waals surface area (Å²) in [5, 5.41) is 4.67. The summed E-state index contributed by atoms with van der Waals surface area (Å²) in [4.78, 5) is 4.53. The molecular weight excluding hydrogens is 246 g/mol. The number of hydrogen-bond donors (Lipinski definition) is 2. The van der Waals surface area contributed by atoms with Crippen molar-refractivity contribution in [1.82, 2.24) is 10.3 Å². The molecule has 3 heteroatoms. The Bertz CT molecular complexity index is 590. The van der Waals surface area contributed by atoms with Crippen LogP contribution in [0.3, 0.4) is 0 Å². The Morgan fingerprint density at radius 3 is 2.90 bits per heavy atom. The number of nitrogens with zero attached hydrogens (tertiary/aromatic N) is 1. The van der Waals surface area contributed by atoms with E-state index in [4.69, 9.17) is 5.73 Å². The molecule has 0 saturated carbocycles. The van der Waals surface area contributed by atoms with Gasteiger partial charge in [-0.3, -0.25) is 4.98 Å². The zero-order valence-electron chi connectivity index (χ0n) is 12.3. The van der Waals surface area contributed by atoms with Crippen LogP contribution in [0.25, 0.3) is 10.9 Å². The number of fused-ring (bicyclic) bond motifs is 1. The van der Waals surface area contributed by atoms with Crippen molar-refractivity contribution in [3.8, 4) is 0 Å². The molecule has 0 aliphatic rings.